The summed E-state index contributed by atoms with van der Waals surface area (Å²) in [4.78, 5) is 27.2. The van der Waals surface area contributed by atoms with Crippen molar-refractivity contribution in [1.29, 1.82) is 0 Å². The number of amides is 2. The molecule has 0 aromatic heterocycles. The Morgan fingerprint density at radius 3 is 2.34 bits per heavy atom. The topological polar surface area (TPSA) is 86.8 Å². The molecule has 1 aliphatic carbocycles. The molecular formula is C25H27F2N3O4S. The highest BCUT2D eigenvalue weighted by molar-refractivity contribution is 7.89. The summed E-state index contributed by atoms with van der Waals surface area (Å²) >= 11 is 0. The van der Waals surface area contributed by atoms with Gasteiger partial charge in [0.05, 0.1) is 10.6 Å². The van der Waals surface area contributed by atoms with E-state index in [4.69, 9.17) is 0 Å². The van der Waals surface area contributed by atoms with Gasteiger partial charge in [-0.05, 0) is 74.9 Å². The summed E-state index contributed by atoms with van der Waals surface area (Å²) in [7, 11) is -3.77. The summed E-state index contributed by atoms with van der Waals surface area (Å²) in [5, 5.41) is 2.47. The molecule has 0 radical (unpaired) electrons. The van der Waals surface area contributed by atoms with E-state index >= 15 is 0 Å². The first kappa shape index (κ1) is 23.9. The van der Waals surface area contributed by atoms with E-state index < -0.39 is 33.5 Å². The van der Waals surface area contributed by atoms with Crippen molar-refractivity contribution >= 4 is 33.2 Å². The Hall–Kier alpha value is -2.85. The van der Waals surface area contributed by atoms with Gasteiger partial charge in [-0.2, -0.15) is 4.31 Å². The SMILES string of the molecule is C[C@H]1Cc2cc(S(=O)(=O)N3CCC(C(=O)Nc4ccc(F)cc4F)CC3)ccc2N1C(=O)C1CC1. The summed E-state index contributed by atoms with van der Waals surface area (Å²) in [6.07, 6.45) is 3.02. The number of hydrogen-bond donors (Lipinski definition) is 1. The van der Waals surface area contributed by atoms with Gasteiger partial charge in [0.15, 0.2) is 0 Å². The van der Waals surface area contributed by atoms with Gasteiger partial charge < -0.3 is 10.2 Å². The number of halogens is 2. The minimum Gasteiger partial charge on any atom is -0.323 e. The number of anilines is 2. The predicted octanol–water partition coefficient (Wildman–Crippen LogP) is 3.69. The zero-order valence-corrected chi connectivity index (χ0v) is 20.2. The number of rotatable bonds is 5. The molecule has 2 heterocycles. The number of fused-ring (bicyclic) bond motifs is 1. The largest absolute Gasteiger partial charge is 0.323 e. The van der Waals surface area contributed by atoms with E-state index in [0.29, 0.717) is 25.3 Å². The molecule has 0 bridgehead atoms. The lowest BCUT2D eigenvalue weighted by Gasteiger charge is -2.30. The smallest absolute Gasteiger partial charge is 0.243 e. The second-order valence-electron chi connectivity index (χ2n) is 9.62. The van der Waals surface area contributed by atoms with Crippen LogP contribution in [0.5, 0.6) is 0 Å². The minimum atomic E-state index is -3.77. The van der Waals surface area contributed by atoms with E-state index in [1.54, 1.807) is 23.1 Å². The molecule has 2 aliphatic heterocycles. The van der Waals surface area contributed by atoms with Crippen molar-refractivity contribution in [2.75, 3.05) is 23.3 Å². The number of benzene rings is 2. The molecule has 1 atom stereocenters. The third-order valence-electron chi connectivity index (χ3n) is 7.08. The van der Waals surface area contributed by atoms with Gasteiger partial charge in [0.25, 0.3) is 0 Å². The summed E-state index contributed by atoms with van der Waals surface area (Å²) in [6.45, 7) is 2.29. The number of sulfonamides is 1. The number of carbonyl (C=O) groups is 2. The quantitative estimate of drug-likeness (QED) is 0.674. The third kappa shape index (κ3) is 4.56. The molecule has 7 nitrogen and oxygen atoms in total. The maximum Gasteiger partial charge on any atom is 0.243 e. The number of nitrogens with zero attached hydrogens (tertiary/aromatic N) is 2. The van der Waals surface area contributed by atoms with E-state index in [1.807, 2.05) is 6.92 Å². The molecule has 2 fully saturated rings. The first-order valence-electron chi connectivity index (χ1n) is 11.9. The van der Waals surface area contributed by atoms with Crippen molar-refractivity contribution in [2.45, 2.75) is 50.0 Å². The Labute approximate surface area is 203 Å². The van der Waals surface area contributed by atoms with Crippen LogP contribution >= 0.6 is 0 Å². The molecule has 3 aliphatic rings. The van der Waals surface area contributed by atoms with E-state index in [0.717, 1.165) is 36.2 Å². The van der Waals surface area contributed by atoms with Gasteiger partial charge in [0.1, 0.15) is 11.6 Å². The molecule has 1 saturated heterocycles. The Morgan fingerprint density at radius 1 is 0.971 bits per heavy atom. The second kappa shape index (κ2) is 8.98. The van der Waals surface area contributed by atoms with Crippen molar-refractivity contribution < 1.29 is 26.8 Å². The standard InChI is InChI=1S/C25H27F2N3O4S/c1-15-12-18-13-20(5-7-23(18)30(15)25(32)17-2-3-17)35(33,34)29-10-8-16(9-11-29)24(31)28-22-6-4-19(26)14-21(22)27/h4-7,13-17H,2-3,8-12H2,1H3,(H,28,31)/t15-/m0/s1. The fraction of sp³-hybridized carbons (Fsp3) is 0.440. The molecule has 0 spiro atoms. The third-order valence-corrected chi connectivity index (χ3v) is 8.98. The Morgan fingerprint density at radius 2 is 1.69 bits per heavy atom. The molecule has 1 N–H and O–H groups in total. The highest BCUT2D eigenvalue weighted by Crippen LogP contribution is 2.40. The maximum absolute atomic E-state index is 13.8. The van der Waals surface area contributed by atoms with Gasteiger partial charge in [-0.1, -0.05) is 0 Å². The molecule has 2 amide bonds. The van der Waals surface area contributed by atoms with Gasteiger partial charge in [0.2, 0.25) is 21.8 Å². The first-order chi connectivity index (χ1) is 16.6. The van der Waals surface area contributed by atoms with Crippen LogP contribution in [0.3, 0.4) is 0 Å². The Kier molecular flexibility index (Phi) is 6.13. The van der Waals surface area contributed by atoms with Gasteiger partial charge >= 0.3 is 0 Å². The molecule has 0 unspecified atom stereocenters. The molecule has 2 aromatic carbocycles. The zero-order chi connectivity index (χ0) is 24.9. The van der Waals surface area contributed by atoms with Crippen LogP contribution in [0, 0.1) is 23.5 Å². The van der Waals surface area contributed by atoms with Gasteiger partial charge in [0, 0.05) is 42.7 Å². The fourth-order valence-corrected chi connectivity index (χ4v) is 6.48. The monoisotopic (exact) mass is 503 g/mol. The molecule has 1 saturated carbocycles. The number of piperidine rings is 1. The first-order valence-corrected chi connectivity index (χ1v) is 13.3. The average molecular weight is 504 g/mol. The number of nitrogens with one attached hydrogen (secondary N) is 1. The van der Waals surface area contributed by atoms with Crippen LogP contribution in [0.1, 0.15) is 38.2 Å². The van der Waals surface area contributed by atoms with E-state index in [2.05, 4.69) is 5.32 Å². The lowest BCUT2D eigenvalue weighted by atomic mass is 9.97. The zero-order valence-electron chi connectivity index (χ0n) is 19.3. The molecule has 10 heteroatoms. The highest BCUT2D eigenvalue weighted by atomic mass is 32.2. The highest BCUT2D eigenvalue weighted by Gasteiger charge is 2.40. The molecule has 5 rings (SSSR count). The van der Waals surface area contributed by atoms with E-state index in [9.17, 15) is 26.8 Å². The van der Waals surface area contributed by atoms with Crippen molar-refractivity contribution in [2.24, 2.45) is 11.8 Å². The summed E-state index contributed by atoms with van der Waals surface area (Å²) in [5.74, 6) is -2.28. The number of carbonyl (C=O) groups excluding carboxylic acids is 2. The van der Waals surface area contributed by atoms with Crippen molar-refractivity contribution in [3.63, 3.8) is 0 Å². The lowest BCUT2D eigenvalue weighted by Crippen LogP contribution is -2.41. The van der Waals surface area contributed by atoms with Gasteiger partial charge in [-0.15, -0.1) is 0 Å². The Balaban J connectivity index is 1.25. The number of hydrogen-bond acceptors (Lipinski definition) is 4. The molecule has 186 valence electrons. The van der Waals surface area contributed by atoms with Crippen LogP contribution in [-0.2, 0) is 26.0 Å². The van der Waals surface area contributed by atoms with E-state index in [-0.39, 0.29) is 41.5 Å². The van der Waals surface area contributed by atoms with Gasteiger partial charge in [-0.25, -0.2) is 17.2 Å². The van der Waals surface area contributed by atoms with Crippen LogP contribution in [0.2, 0.25) is 0 Å². The van der Waals surface area contributed by atoms with Gasteiger partial charge in [-0.3, -0.25) is 9.59 Å². The minimum absolute atomic E-state index is 0.00347. The van der Waals surface area contributed by atoms with Crippen molar-refractivity contribution in [3.05, 3.63) is 53.6 Å². The molecule has 35 heavy (non-hydrogen) atoms. The maximum atomic E-state index is 13.8. The predicted molar refractivity (Wildman–Crippen MR) is 126 cm³/mol. The van der Waals surface area contributed by atoms with Crippen LogP contribution in [-0.4, -0.2) is 43.7 Å². The normalized spacial score (nSPS) is 21.1. The van der Waals surface area contributed by atoms with Crippen molar-refractivity contribution in [1.82, 2.24) is 4.31 Å². The van der Waals surface area contributed by atoms with Crippen molar-refractivity contribution in [3.8, 4) is 0 Å². The summed E-state index contributed by atoms with van der Waals surface area (Å²) in [6, 6.07) is 7.86. The van der Waals surface area contributed by atoms with Crippen LogP contribution in [0.25, 0.3) is 0 Å². The molecule has 2 aromatic rings. The fourth-order valence-electron chi connectivity index (χ4n) is 4.96. The van der Waals surface area contributed by atoms with Crippen LogP contribution < -0.4 is 10.2 Å². The van der Waals surface area contributed by atoms with Crippen LogP contribution in [0.4, 0.5) is 20.2 Å². The second-order valence-corrected chi connectivity index (χ2v) is 11.6. The Bertz CT molecular complexity index is 1290. The summed E-state index contributed by atoms with van der Waals surface area (Å²) in [5.41, 5.74) is 1.54. The lowest BCUT2D eigenvalue weighted by molar-refractivity contribution is -0.121. The summed E-state index contributed by atoms with van der Waals surface area (Å²) < 4.78 is 54.9. The molecular weight excluding hydrogens is 476 g/mol. The van der Waals surface area contributed by atoms with E-state index in [1.165, 1.54) is 4.31 Å². The average Bonchev–Trinajstić information content (AvgIpc) is 3.62. The van der Waals surface area contributed by atoms with Crippen LogP contribution in [0.15, 0.2) is 41.3 Å².